The van der Waals surface area contributed by atoms with E-state index in [0.29, 0.717) is 13.2 Å². The Labute approximate surface area is 140 Å². The monoisotopic (exact) mass is 341 g/mol. The SMILES string of the molecule is CC1CCCN(CC(C)NC(=O)C2CNCCO2)C1.Cl.Cl. The number of nitrogens with one attached hydrogen (secondary N) is 2. The van der Waals surface area contributed by atoms with E-state index in [1.54, 1.807) is 0 Å². The molecule has 2 aliphatic heterocycles. The molecule has 3 atom stereocenters. The minimum absolute atomic E-state index is 0. The summed E-state index contributed by atoms with van der Waals surface area (Å²) in [5.41, 5.74) is 0. The molecule has 1 amide bonds. The van der Waals surface area contributed by atoms with E-state index in [1.807, 2.05) is 0 Å². The third kappa shape index (κ3) is 7.15. The number of nitrogens with zero attached hydrogens (tertiary/aromatic N) is 1. The Bertz CT molecular complexity index is 302. The molecule has 0 saturated carbocycles. The molecule has 0 aromatic rings. The molecule has 7 heteroatoms. The van der Waals surface area contributed by atoms with Crippen LogP contribution in [0.3, 0.4) is 0 Å². The summed E-state index contributed by atoms with van der Waals surface area (Å²) >= 11 is 0. The van der Waals surface area contributed by atoms with E-state index < -0.39 is 0 Å². The van der Waals surface area contributed by atoms with E-state index in [0.717, 1.165) is 32.1 Å². The van der Waals surface area contributed by atoms with Crippen molar-refractivity contribution in [1.82, 2.24) is 15.5 Å². The van der Waals surface area contributed by atoms with Crippen molar-refractivity contribution in [3.8, 4) is 0 Å². The number of ether oxygens (including phenoxy) is 1. The van der Waals surface area contributed by atoms with Gasteiger partial charge in [0.25, 0.3) is 5.91 Å². The smallest absolute Gasteiger partial charge is 0.250 e. The molecule has 2 N–H and O–H groups in total. The van der Waals surface area contributed by atoms with Crippen LogP contribution in [0.15, 0.2) is 0 Å². The molecule has 0 radical (unpaired) electrons. The topological polar surface area (TPSA) is 53.6 Å². The summed E-state index contributed by atoms with van der Waals surface area (Å²) in [6, 6.07) is 0.184. The quantitative estimate of drug-likeness (QED) is 0.802. The van der Waals surface area contributed by atoms with E-state index in [9.17, 15) is 4.79 Å². The lowest BCUT2D eigenvalue weighted by molar-refractivity contribution is -0.135. The fraction of sp³-hybridized carbons (Fsp3) is 0.929. The van der Waals surface area contributed by atoms with Crippen molar-refractivity contribution in [2.24, 2.45) is 5.92 Å². The van der Waals surface area contributed by atoms with Crippen molar-refractivity contribution < 1.29 is 9.53 Å². The Kier molecular flexibility index (Phi) is 10.6. The zero-order chi connectivity index (χ0) is 13.7. The van der Waals surface area contributed by atoms with E-state index in [4.69, 9.17) is 4.74 Å². The third-order valence-corrected chi connectivity index (χ3v) is 3.88. The number of amides is 1. The number of carbonyl (C=O) groups is 1. The summed E-state index contributed by atoms with van der Waals surface area (Å²) in [5.74, 6) is 0.798. The van der Waals surface area contributed by atoms with E-state index in [1.165, 1.54) is 12.8 Å². The molecule has 2 rings (SSSR count). The van der Waals surface area contributed by atoms with E-state index >= 15 is 0 Å². The number of halogens is 2. The van der Waals surface area contributed by atoms with E-state index in [2.05, 4.69) is 29.4 Å². The van der Waals surface area contributed by atoms with Crippen LogP contribution in [0.1, 0.15) is 26.7 Å². The van der Waals surface area contributed by atoms with Crippen molar-refractivity contribution in [2.45, 2.75) is 38.8 Å². The highest BCUT2D eigenvalue weighted by atomic mass is 35.5. The number of morpholine rings is 1. The zero-order valence-corrected chi connectivity index (χ0v) is 14.6. The lowest BCUT2D eigenvalue weighted by atomic mass is 10.00. The minimum atomic E-state index is -0.323. The molecule has 5 nitrogen and oxygen atoms in total. The van der Waals surface area contributed by atoms with Gasteiger partial charge >= 0.3 is 0 Å². The zero-order valence-electron chi connectivity index (χ0n) is 13.0. The molecule has 0 bridgehead atoms. The van der Waals surface area contributed by atoms with Crippen molar-refractivity contribution in [2.75, 3.05) is 39.3 Å². The summed E-state index contributed by atoms with van der Waals surface area (Å²) in [4.78, 5) is 14.5. The third-order valence-electron chi connectivity index (χ3n) is 3.88. The number of likely N-dealkylation sites (tertiary alicyclic amines) is 1. The first-order chi connectivity index (χ1) is 9.15. The van der Waals surface area contributed by atoms with Crippen molar-refractivity contribution >= 4 is 30.7 Å². The molecule has 126 valence electrons. The maximum Gasteiger partial charge on any atom is 0.250 e. The van der Waals surface area contributed by atoms with Crippen molar-refractivity contribution in [3.63, 3.8) is 0 Å². The predicted molar refractivity (Wildman–Crippen MR) is 89.5 cm³/mol. The van der Waals surface area contributed by atoms with Crippen LogP contribution in [0.25, 0.3) is 0 Å². The molecular formula is C14H29Cl2N3O2. The van der Waals surface area contributed by atoms with Gasteiger partial charge in [0, 0.05) is 32.2 Å². The van der Waals surface area contributed by atoms with Crippen molar-refractivity contribution in [1.29, 1.82) is 0 Å². The average molecular weight is 342 g/mol. The molecule has 0 aromatic carbocycles. The van der Waals surface area contributed by atoms with Gasteiger partial charge in [-0.15, -0.1) is 24.8 Å². The van der Waals surface area contributed by atoms with Gasteiger partial charge in [0.2, 0.25) is 0 Å². The van der Waals surface area contributed by atoms with Crippen LogP contribution in [0.2, 0.25) is 0 Å². The Hall–Kier alpha value is -0.0700. The van der Waals surface area contributed by atoms with Gasteiger partial charge in [0.15, 0.2) is 0 Å². The Balaban J connectivity index is 0.00000200. The van der Waals surface area contributed by atoms with Crippen LogP contribution in [0.5, 0.6) is 0 Å². The number of hydrogen-bond acceptors (Lipinski definition) is 4. The van der Waals surface area contributed by atoms with Crippen LogP contribution >= 0.6 is 24.8 Å². The molecule has 2 fully saturated rings. The molecular weight excluding hydrogens is 313 g/mol. The molecule has 2 saturated heterocycles. The second-order valence-electron chi connectivity index (χ2n) is 5.98. The Morgan fingerprint density at radius 1 is 1.48 bits per heavy atom. The summed E-state index contributed by atoms with van der Waals surface area (Å²) in [6.45, 7) is 9.72. The Morgan fingerprint density at radius 2 is 2.24 bits per heavy atom. The second-order valence-corrected chi connectivity index (χ2v) is 5.98. The summed E-state index contributed by atoms with van der Waals surface area (Å²) < 4.78 is 5.46. The highest BCUT2D eigenvalue weighted by Gasteiger charge is 2.24. The molecule has 21 heavy (non-hydrogen) atoms. The van der Waals surface area contributed by atoms with Crippen LogP contribution in [-0.4, -0.2) is 62.3 Å². The van der Waals surface area contributed by atoms with Gasteiger partial charge in [0.05, 0.1) is 6.61 Å². The lowest BCUT2D eigenvalue weighted by Crippen LogP contribution is -2.52. The maximum atomic E-state index is 12.0. The largest absolute Gasteiger partial charge is 0.366 e. The van der Waals surface area contributed by atoms with Crippen LogP contribution in [0, 0.1) is 5.92 Å². The molecule has 2 aliphatic rings. The molecule has 0 aromatic heterocycles. The Morgan fingerprint density at radius 3 is 2.86 bits per heavy atom. The van der Waals surface area contributed by atoms with Crippen LogP contribution < -0.4 is 10.6 Å². The van der Waals surface area contributed by atoms with Crippen LogP contribution in [-0.2, 0) is 9.53 Å². The standard InChI is InChI=1S/C14H27N3O2.2ClH/c1-11-4-3-6-17(9-11)10-12(2)16-14(18)13-8-15-5-7-19-13;;/h11-13,15H,3-10H2,1-2H3,(H,16,18);2*1H. The van der Waals surface area contributed by atoms with Gasteiger partial charge in [-0.25, -0.2) is 0 Å². The van der Waals surface area contributed by atoms with Gasteiger partial charge in [-0.3, -0.25) is 4.79 Å². The summed E-state index contributed by atoms with van der Waals surface area (Å²) in [5, 5.41) is 6.25. The number of rotatable bonds is 4. The first kappa shape index (κ1) is 20.9. The first-order valence-corrected chi connectivity index (χ1v) is 7.50. The van der Waals surface area contributed by atoms with Crippen molar-refractivity contribution in [3.05, 3.63) is 0 Å². The predicted octanol–water partition coefficient (Wildman–Crippen LogP) is 1.05. The fourth-order valence-electron chi connectivity index (χ4n) is 2.96. The van der Waals surface area contributed by atoms with Gasteiger partial charge < -0.3 is 20.3 Å². The highest BCUT2D eigenvalue weighted by molar-refractivity contribution is 5.85. The van der Waals surface area contributed by atoms with Gasteiger partial charge in [-0.1, -0.05) is 6.92 Å². The van der Waals surface area contributed by atoms with Gasteiger partial charge in [-0.05, 0) is 32.2 Å². The fourth-order valence-corrected chi connectivity index (χ4v) is 2.96. The average Bonchev–Trinajstić information content (AvgIpc) is 2.39. The number of hydrogen-bond donors (Lipinski definition) is 2. The normalized spacial score (nSPS) is 27.9. The van der Waals surface area contributed by atoms with Crippen LogP contribution in [0.4, 0.5) is 0 Å². The van der Waals surface area contributed by atoms with E-state index in [-0.39, 0.29) is 42.9 Å². The van der Waals surface area contributed by atoms with Gasteiger partial charge in [-0.2, -0.15) is 0 Å². The highest BCUT2D eigenvalue weighted by Crippen LogP contribution is 2.15. The summed E-state index contributed by atoms with van der Waals surface area (Å²) in [7, 11) is 0. The second kappa shape index (κ2) is 10.6. The molecule has 2 heterocycles. The first-order valence-electron chi connectivity index (χ1n) is 7.50. The van der Waals surface area contributed by atoms with Gasteiger partial charge in [0.1, 0.15) is 6.10 Å². The molecule has 0 aliphatic carbocycles. The molecule has 0 spiro atoms. The number of carbonyl (C=O) groups excluding carboxylic acids is 1. The maximum absolute atomic E-state index is 12.0. The summed E-state index contributed by atoms with van der Waals surface area (Å²) in [6.07, 6.45) is 2.28. The molecule has 3 unspecified atom stereocenters. The number of piperidine rings is 1. The lowest BCUT2D eigenvalue weighted by Gasteiger charge is -2.33. The minimum Gasteiger partial charge on any atom is -0.366 e.